The van der Waals surface area contributed by atoms with Gasteiger partial charge in [0.15, 0.2) is 0 Å². The van der Waals surface area contributed by atoms with Crippen LogP contribution in [0.3, 0.4) is 0 Å². The average molecular weight is 322 g/mol. The standard InChI is InChI=1S/C19H18N2O3/c1-24-15-8-5-13(6-9-15)11-12-20-19(23)16-10-7-14-3-2-4-17(22)18(14)21-16/h2-10,22H,11-12H2,1H3,(H,20,23). The summed E-state index contributed by atoms with van der Waals surface area (Å²) in [5, 5.41) is 13.5. The van der Waals surface area contributed by atoms with Crippen molar-refractivity contribution in [3.63, 3.8) is 0 Å². The Morgan fingerprint density at radius 2 is 1.92 bits per heavy atom. The summed E-state index contributed by atoms with van der Waals surface area (Å²) in [5.41, 5.74) is 1.83. The fourth-order valence-electron chi connectivity index (χ4n) is 2.46. The van der Waals surface area contributed by atoms with Crippen molar-refractivity contribution in [2.24, 2.45) is 0 Å². The smallest absolute Gasteiger partial charge is 0.269 e. The van der Waals surface area contributed by atoms with Crippen LogP contribution in [0.2, 0.25) is 0 Å². The number of nitrogens with one attached hydrogen (secondary N) is 1. The molecule has 0 fully saturated rings. The number of hydrogen-bond donors (Lipinski definition) is 2. The molecule has 2 N–H and O–H groups in total. The molecule has 5 heteroatoms. The van der Waals surface area contributed by atoms with E-state index in [-0.39, 0.29) is 11.7 Å². The van der Waals surface area contributed by atoms with E-state index in [0.29, 0.717) is 24.2 Å². The van der Waals surface area contributed by atoms with Gasteiger partial charge in [0.05, 0.1) is 7.11 Å². The van der Waals surface area contributed by atoms with E-state index in [9.17, 15) is 9.90 Å². The minimum absolute atomic E-state index is 0.0698. The van der Waals surface area contributed by atoms with Crippen molar-refractivity contribution in [2.75, 3.05) is 13.7 Å². The molecule has 0 aliphatic heterocycles. The van der Waals surface area contributed by atoms with Crippen LogP contribution in [0.15, 0.2) is 54.6 Å². The topological polar surface area (TPSA) is 71.5 Å². The first kappa shape index (κ1) is 15.8. The van der Waals surface area contributed by atoms with Crippen LogP contribution >= 0.6 is 0 Å². The van der Waals surface area contributed by atoms with Gasteiger partial charge in [-0.2, -0.15) is 0 Å². The van der Waals surface area contributed by atoms with E-state index < -0.39 is 0 Å². The van der Waals surface area contributed by atoms with Crippen LogP contribution in [0.4, 0.5) is 0 Å². The Kier molecular flexibility index (Phi) is 4.61. The van der Waals surface area contributed by atoms with Gasteiger partial charge >= 0.3 is 0 Å². The van der Waals surface area contributed by atoms with E-state index in [1.54, 1.807) is 31.4 Å². The molecule has 3 aromatic rings. The van der Waals surface area contributed by atoms with Gasteiger partial charge in [-0.3, -0.25) is 4.79 Å². The highest BCUT2D eigenvalue weighted by atomic mass is 16.5. The monoisotopic (exact) mass is 322 g/mol. The van der Waals surface area contributed by atoms with Gasteiger partial charge in [0.1, 0.15) is 22.7 Å². The maximum atomic E-state index is 12.2. The van der Waals surface area contributed by atoms with Gasteiger partial charge in [-0.05, 0) is 36.2 Å². The maximum absolute atomic E-state index is 12.2. The molecule has 2 aromatic carbocycles. The zero-order valence-corrected chi connectivity index (χ0v) is 13.3. The lowest BCUT2D eigenvalue weighted by atomic mass is 10.1. The molecule has 0 spiro atoms. The van der Waals surface area contributed by atoms with Crippen LogP contribution in [0.25, 0.3) is 10.9 Å². The third kappa shape index (κ3) is 3.46. The maximum Gasteiger partial charge on any atom is 0.269 e. The van der Waals surface area contributed by atoms with Crippen LogP contribution in [-0.2, 0) is 6.42 Å². The molecule has 0 saturated heterocycles. The van der Waals surface area contributed by atoms with Gasteiger partial charge in [0.25, 0.3) is 5.91 Å². The average Bonchev–Trinajstić information content (AvgIpc) is 2.62. The SMILES string of the molecule is COc1ccc(CCNC(=O)c2ccc3cccc(O)c3n2)cc1. The van der Waals surface area contributed by atoms with Crippen LogP contribution < -0.4 is 10.1 Å². The Morgan fingerprint density at radius 1 is 1.12 bits per heavy atom. The highest BCUT2D eigenvalue weighted by molar-refractivity contribution is 5.95. The van der Waals surface area contributed by atoms with Gasteiger partial charge in [-0.15, -0.1) is 0 Å². The van der Waals surface area contributed by atoms with Crippen molar-refractivity contribution in [2.45, 2.75) is 6.42 Å². The fourth-order valence-corrected chi connectivity index (χ4v) is 2.46. The molecule has 0 aliphatic rings. The van der Waals surface area contributed by atoms with E-state index in [1.807, 2.05) is 30.3 Å². The summed E-state index contributed by atoms with van der Waals surface area (Å²) in [6.07, 6.45) is 0.717. The molecule has 0 saturated carbocycles. The minimum atomic E-state index is -0.256. The molecule has 3 rings (SSSR count). The van der Waals surface area contributed by atoms with Gasteiger partial charge in [0, 0.05) is 11.9 Å². The quantitative estimate of drug-likeness (QED) is 0.757. The van der Waals surface area contributed by atoms with Gasteiger partial charge in [-0.25, -0.2) is 4.98 Å². The predicted molar refractivity (Wildman–Crippen MR) is 92.4 cm³/mol. The number of fused-ring (bicyclic) bond motifs is 1. The number of para-hydroxylation sites is 1. The Hall–Kier alpha value is -3.08. The van der Waals surface area contributed by atoms with Gasteiger partial charge < -0.3 is 15.2 Å². The Bertz CT molecular complexity index is 860. The lowest BCUT2D eigenvalue weighted by Gasteiger charge is -2.07. The zero-order valence-electron chi connectivity index (χ0n) is 13.3. The summed E-state index contributed by atoms with van der Waals surface area (Å²) in [7, 11) is 1.63. The molecule has 122 valence electrons. The second-order valence-electron chi connectivity index (χ2n) is 5.40. The minimum Gasteiger partial charge on any atom is -0.506 e. The first-order valence-electron chi connectivity index (χ1n) is 7.67. The fraction of sp³-hybridized carbons (Fsp3) is 0.158. The normalized spacial score (nSPS) is 10.5. The number of amides is 1. The summed E-state index contributed by atoms with van der Waals surface area (Å²) in [6, 6.07) is 16.3. The number of pyridine rings is 1. The second-order valence-corrected chi connectivity index (χ2v) is 5.40. The van der Waals surface area contributed by atoms with Gasteiger partial charge in [0.2, 0.25) is 0 Å². The van der Waals surface area contributed by atoms with Crippen LogP contribution in [-0.4, -0.2) is 29.7 Å². The van der Waals surface area contributed by atoms with Gasteiger partial charge in [-0.1, -0.05) is 30.3 Å². The molecule has 0 radical (unpaired) electrons. The summed E-state index contributed by atoms with van der Waals surface area (Å²) < 4.78 is 5.12. The number of nitrogens with zero attached hydrogens (tertiary/aromatic N) is 1. The second kappa shape index (κ2) is 7.00. The number of phenolic OH excluding ortho intramolecular Hbond substituents is 1. The molecule has 1 aromatic heterocycles. The number of methoxy groups -OCH3 is 1. The molecule has 1 heterocycles. The number of rotatable bonds is 5. The molecule has 0 aliphatic carbocycles. The Balaban J connectivity index is 1.63. The Morgan fingerprint density at radius 3 is 2.67 bits per heavy atom. The van der Waals surface area contributed by atoms with E-state index in [0.717, 1.165) is 16.7 Å². The number of aromatic hydroxyl groups is 1. The van der Waals surface area contributed by atoms with Crippen molar-refractivity contribution in [3.8, 4) is 11.5 Å². The number of carbonyl (C=O) groups excluding carboxylic acids is 1. The first-order valence-corrected chi connectivity index (χ1v) is 7.67. The lowest BCUT2D eigenvalue weighted by Crippen LogP contribution is -2.26. The molecule has 0 atom stereocenters. The number of aromatic nitrogens is 1. The highest BCUT2D eigenvalue weighted by Crippen LogP contribution is 2.22. The van der Waals surface area contributed by atoms with Crippen LogP contribution in [0.5, 0.6) is 11.5 Å². The highest BCUT2D eigenvalue weighted by Gasteiger charge is 2.09. The number of benzene rings is 2. The predicted octanol–water partition coefficient (Wildman–Crippen LogP) is 2.92. The van der Waals surface area contributed by atoms with Crippen molar-refractivity contribution in [3.05, 3.63) is 65.9 Å². The molecule has 0 unspecified atom stereocenters. The third-order valence-electron chi connectivity index (χ3n) is 3.79. The third-order valence-corrected chi connectivity index (χ3v) is 3.79. The van der Waals surface area contributed by atoms with E-state index in [4.69, 9.17) is 4.74 Å². The summed E-state index contributed by atoms with van der Waals surface area (Å²) in [6.45, 7) is 0.506. The van der Waals surface area contributed by atoms with Crippen molar-refractivity contribution in [1.29, 1.82) is 0 Å². The van der Waals surface area contributed by atoms with Crippen molar-refractivity contribution < 1.29 is 14.6 Å². The largest absolute Gasteiger partial charge is 0.506 e. The number of phenols is 1. The summed E-state index contributed by atoms with van der Waals surface area (Å²) >= 11 is 0. The summed E-state index contributed by atoms with van der Waals surface area (Å²) in [5.74, 6) is 0.622. The molecular formula is C19H18N2O3. The van der Waals surface area contributed by atoms with Crippen molar-refractivity contribution in [1.82, 2.24) is 10.3 Å². The molecule has 5 nitrogen and oxygen atoms in total. The number of carbonyl (C=O) groups is 1. The number of hydrogen-bond acceptors (Lipinski definition) is 4. The van der Waals surface area contributed by atoms with E-state index >= 15 is 0 Å². The molecule has 24 heavy (non-hydrogen) atoms. The molecule has 0 bridgehead atoms. The lowest BCUT2D eigenvalue weighted by molar-refractivity contribution is 0.0949. The molecule has 1 amide bonds. The number of ether oxygens (including phenoxy) is 1. The van der Waals surface area contributed by atoms with E-state index in [1.165, 1.54) is 0 Å². The van der Waals surface area contributed by atoms with Crippen LogP contribution in [0, 0.1) is 0 Å². The summed E-state index contributed by atoms with van der Waals surface area (Å²) in [4.78, 5) is 16.5. The zero-order chi connectivity index (χ0) is 16.9. The Labute approximate surface area is 139 Å². The van der Waals surface area contributed by atoms with E-state index in [2.05, 4.69) is 10.3 Å². The molecular weight excluding hydrogens is 304 g/mol. The first-order chi connectivity index (χ1) is 11.7. The van der Waals surface area contributed by atoms with Crippen LogP contribution in [0.1, 0.15) is 16.1 Å². The van der Waals surface area contributed by atoms with Crippen molar-refractivity contribution >= 4 is 16.8 Å².